The lowest BCUT2D eigenvalue weighted by Crippen LogP contribution is -2.11. The lowest BCUT2D eigenvalue weighted by molar-refractivity contribution is 0.0508. The van der Waals surface area contributed by atoms with E-state index in [1.165, 1.54) is 22.8 Å². The summed E-state index contributed by atoms with van der Waals surface area (Å²) in [4.78, 5) is 15.6. The molecular weight excluding hydrogens is 211 g/mol. The summed E-state index contributed by atoms with van der Waals surface area (Å²) in [5.41, 5.74) is 1.15. The predicted octanol–water partition coefficient (Wildman–Crippen LogP) is 1.89. The van der Waals surface area contributed by atoms with Crippen molar-refractivity contribution in [3.8, 4) is 0 Å². The van der Waals surface area contributed by atoms with Crippen LogP contribution in [0.1, 0.15) is 17.5 Å². The quantitative estimate of drug-likeness (QED) is 0.729. The first-order valence-electron chi connectivity index (χ1n) is 4.92. The SMILES string of the molecule is CCOC(=O)c1nc2ccc(F)cc2n1C. The molecule has 0 aliphatic heterocycles. The zero-order chi connectivity index (χ0) is 11.7. The fraction of sp³-hybridized carbons (Fsp3) is 0.273. The lowest BCUT2D eigenvalue weighted by atomic mass is 10.3. The molecule has 16 heavy (non-hydrogen) atoms. The Kier molecular flexibility index (Phi) is 2.60. The molecule has 0 N–H and O–H groups in total. The fourth-order valence-corrected chi connectivity index (χ4v) is 1.54. The first-order chi connectivity index (χ1) is 7.63. The van der Waals surface area contributed by atoms with Crippen molar-refractivity contribution >= 4 is 17.0 Å². The van der Waals surface area contributed by atoms with Crippen LogP contribution in [0.25, 0.3) is 11.0 Å². The Hall–Kier alpha value is -1.91. The van der Waals surface area contributed by atoms with Crippen LogP contribution in [-0.2, 0) is 11.8 Å². The minimum Gasteiger partial charge on any atom is -0.460 e. The van der Waals surface area contributed by atoms with E-state index in [1.807, 2.05) is 0 Å². The van der Waals surface area contributed by atoms with E-state index in [-0.39, 0.29) is 18.2 Å². The molecule has 0 radical (unpaired) electrons. The van der Waals surface area contributed by atoms with Gasteiger partial charge in [-0.3, -0.25) is 0 Å². The number of aryl methyl sites for hydroxylation is 1. The molecule has 0 atom stereocenters. The van der Waals surface area contributed by atoms with Gasteiger partial charge in [0.15, 0.2) is 0 Å². The molecule has 1 aromatic heterocycles. The van der Waals surface area contributed by atoms with Crippen molar-refractivity contribution in [1.82, 2.24) is 9.55 Å². The van der Waals surface area contributed by atoms with Gasteiger partial charge in [-0.05, 0) is 25.1 Å². The minimum absolute atomic E-state index is 0.183. The molecule has 0 aliphatic carbocycles. The molecule has 4 nitrogen and oxygen atoms in total. The highest BCUT2D eigenvalue weighted by Crippen LogP contribution is 2.16. The molecule has 0 amide bonds. The molecule has 2 rings (SSSR count). The number of aromatic nitrogens is 2. The summed E-state index contributed by atoms with van der Waals surface area (Å²) >= 11 is 0. The second-order valence-corrected chi connectivity index (χ2v) is 3.35. The van der Waals surface area contributed by atoms with E-state index >= 15 is 0 Å². The van der Waals surface area contributed by atoms with Crippen LogP contribution in [0.2, 0.25) is 0 Å². The van der Waals surface area contributed by atoms with Gasteiger partial charge in [-0.25, -0.2) is 14.2 Å². The van der Waals surface area contributed by atoms with Crippen molar-refractivity contribution in [3.63, 3.8) is 0 Å². The molecule has 0 aliphatic rings. The highest BCUT2D eigenvalue weighted by molar-refractivity contribution is 5.91. The molecule has 0 unspecified atom stereocenters. The topological polar surface area (TPSA) is 44.1 Å². The maximum atomic E-state index is 13.0. The molecule has 5 heteroatoms. The number of benzene rings is 1. The Morgan fingerprint density at radius 3 is 3.00 bits per heavy atom. The first kappa shape index (κ1) is 10.6. The van der Waals surface area contributed by atoms with Gasteiger partial charge in [0.1, 0.15) is 5.82 Å². The zero-order valence-corrected chi connectivity index (χ0v) is 9.03. The summed E-state index contributed by atoms with van der Waals surface area (Å²) in [7, 11) is 1.65. The van der Waals surface area contributed by atoms with Crippen molar-refractivity contribution in [2.75, 3.05) is 6.61 Å². The number of fused-ring (bicyclic) bond motifs is 1. The van der Waals surface area contributed by atoms with E-state index in [2.05, 4.69) is 4.98 Å². The molecule has 0 saturated heterocycles. The molecule has 0 bridgehead atoms. The monoisotopic (exact) mass is 222 g/mol. The Morgan fingerprint density at radius 2 is 2.31 bits per heavy atom. The van der Waals surface area contributed by atoms with Gasteiger partial charge in [-0.2, -0.15) is 0 Å². The number of hydrogen-bond acceptors (Lipinski definition) is 3. The van der Waals surface area contributed by atoms with Crippen LogP contribution >= 0.6 is 0 Å². The summed E-state index contributed by atoms with van der Waals surface area (Å²) < 4.78 is 19.4. The number of nitrogens with zero attached hydrogens (tertiary/aromatic N) is 2. The Balaban J connectivity index is 2.56. The van der Waals surface area contributed by atoms with E-state index in [0.29, 0.717) is 11.0 Å². The predicted molar refractivity (Wildman–Crippen MR) is 56.6 cm³/mol. The minimum atomic E-state index is -0.499. The van der Waals surface area contributed by atoms with Crippen LogP contribution in [0.3, 0.4) is 0 Å². The van der Waals surface area contributed by atoms with Crippen LogP contribution in [-0.4, -0.2) is 22.1 Å². The van der Waals surface area contributed by atoms with Crippen molar-refractivity contribution in [3.05, 3.63) is 29.8 Å². The summed E-state index contributed by atoms with van der Waals surface area (Å²) in [6.07, 6.45) is 0. The summed E-state index contributed by atoms with van der Waals surface area (Å²) in [5, 5.41) is 0. The van der Waals surface area contributed by atoms with Gasteiger partial charge in [0, 0.05) is 7.05 Å². The van der Waals surface area contributed by atoms with Crippen LogP contribution in [0.4, 0.5) is 4.39 Å². The number of carbonyl (C=O) groups excluding carboxylic acids is 1. The number of ether oxygens (including phenoxy) is 1. The van der Waals surface area contributed by atoms with Crippen LogP contribution in [0.15, 0.2) is 18.2 Å². The maximum Gasteiger partial charge on any atom is 0.374 e. The highest BCUT2D eigenvalue weighted by Gasteiger charge is 2.16. The number of hydrogen-bond donors (Lipinski definition) is 0. The molecule has 0 saturated carbocycles. The Morgan fingerprint density at radius 1 is 1.56 bits per heavy atom. The summed E-state index contributed by atoms with van der Waals surface area (Å²) in [6, 6.07) is 4.18. The first-order valence-corrected chi connectivity index (χ1v) is 4.92. The zero-order valence-electron chi connectivity index (χ0n) is 9.03. The van der Waals surface area contributed by atoms with Crippen molar-refractivity contribution in [1.29, 1.82) is 0 Å². The summed E-state index contributed by atoms with van der Waals surface area (Å²) in [5.74, 6) is -0.671. The second-order valence-electron chi connectivity index (χ2n) is 3.35. The van der Waals surface area contributed by atoms with E-state index < -0.39 is 5.97 Å². The van der Waals surface area contributed by atoms with Gasteiger partial charge in [-0.15, -0.1) is 0 Å². The molecule has 1 heterocycles. The number of rotatable bonds is 2. The smallest absolute Gasteiger partial charge is 0.374 e. The Labute approximate surface area is 91.7 Å². The van der Waals surface area contributed by atoms with Crippen molar-refractivity contribution in [2.45, 2.75) is 6.92 Å². The van der Waals surface area contributed by atoms with Gasteiger partial charge in [-0.1, -0.05) is 0 Å². The molecule has 2 aromatic rings. The van der Waals surface area contributed by atoms with Gasteiger partial charge in [0.05, 0.1) is 17.6 Å². The average Bonchev–Trinajstić information content (AvgIpc) is 2.57. The number of imidazole rings is 1. The van der Waals surface area contributed by atoms with Crippen molar-refractivity contribution < 1.29 is 13.9 Å². The van der Waals surface area contributed by atoms with E-state index in [0.717, 1.165) is 0 Å². The molecular formula is C11H11FN2O2. The van der Waals surface area contributed by atoms with Gasteiger partial charge in [0.25, 0.3) is 0 Å². The molecule has 84 valence electrons. The van der Waals surface area contributed by atoms with Crippen LogP contribution in [0.5, 0.6) is 0 Å². The average molecular weight is 222 g/mol. The fourth-order valence-electron chi connectivity index (χ4n) is 1.54. The third kappa shape index (κ3) is 1.64. The van der Waals surface area contributed by atoms with Gasteiger partial charge in [0.2, 0.25) is 5.82 Å². The molecule has 0 fully saturated rings. The molecule has 0 spiro atoms. The largest absolute Gasteiger partial charge is 0.460 e. The molecule has 1 aromatic carbocycles. The highest BCUT2D eigenvalue weighted by atomic mass is 19.1. The van der Waals surface area contributed by atoms with Crippen LogP contribution < -0.4 is 0 Å². The number of esters is 1. The third-order valence-corrected chi connectivity index (χ3v) is 2.30. The summed E-state index contributed by atoms with van der Waals surface area (Å²) in [6.45, 7) is 2.01. The van der Waals surface area contributed by atoms with Crippen LogP contribution in [0, 0.1) is 5.82 Å². The second kappa shape index (κ2) is 3.92. The van der Waals surface area contributed by atoms with E-state index in [4.69, 9.17) is 4.74 Å². The standard InChI is InChI=1S/C11H11FN2O2/c1-3-16-11(15)10-13-8-5-4-7(12)6-9(8)14(10)2/h4-6H,3H2,1-2H3. The normalized spacial score (nSPS) is 10.7. The maximum absolute atomic E-state index is 13.0. The third-order valence-electron chi connectivity index (χ3n) is 2.30. The Bertz CT molecular complexity index is 548. The van der Waals surface area contributed by atoms with Gasteiger partial charge >= 0.3 is 5.97 Å². The van der Waals surface area contributed by atoms with Gasteiger partial charge < -0.3 is 9.30 Å². The van der Waals surface area contributed by atoms with E-state index in [9.17, 15) is 9.18 Å². The van der Waals surface area contributed by atoms with Crippen molar-refractivity contribution in [2.24, 2.45) is 7.05 Å². The number of halogens is 1. The van der Waals surface area contributed by atoms with E-state index in [1.54, 1.807) is 14.0 Å². The lowest BCUT2D eigenvalue weighted by Gasteiger charge is -2.01. The number of carbonyl (C=O) groups is 1.